The fourth-order valence-corrected chi connectivity index (χ4v) is 2.34. The SMILES string of the molecule is Cc1cc(C#N)ccc1CNCCCCCCC(C)C. The van der Waals surface area contributed by atoms with Gasteiger partial charge in [0, 0.05) is 6.54 Å². The molecule has 1 aromatic rings. The molecule has 0 saturated heterocycles. The van der Waals surface area contributed by atoms with E-state index in [1.54, 1.807) is 0 Å². The number of hydrogen-bond acceptors (Lipinski definition) is 2. The van der Waals surface area contributed by atoms with Gasteiger partial charge in [0.05, 0.1) is 11.6 Å². The van der Waals surface area contributed by atoms with E-state index in [2.05, 4.69) is 38.2 Å². The predicted molar refractivity (Wildman–Crippen MR) is 85.5 cm³/mol. The molecule has 1 aromatic carbocycles. The standard InChI is InChI=1S/C18H28N2/c1-15(2)8-6-4-5-7-11-20-14-18-10-9-17(13-19)12-16(18)3/h9-10,12,15,20H,4-8,11,14H2,1-3H3. The summed E-state index contributed by atoms with van der Waals surface area (Å²) in [6.07, 6.45) is 6.67. The van der Waals surface area contributed by atoms with Crippen molar-refractivity contribution in [3.05, 3.63) is 34.9 Å². The van der Waals surface area contributed by atoms with Crippen LogP contribution in [0.3, 0.4) is 0 Å². The van der Waals surface area contributed by atoms with E-state index >= 15 is 0 Å². The van der Waals surface area contributed by atoms with Crippen molar-refractivity contribution < 1.29 is 0 Å². The maximum absolute atomic E-state index is 8.84. The van der Waals surface area contributed by atoms with Crippen molar-refractivity contribution in [2.24, 2.45) is 5.92 Å². The second-order valence-corrected chi connectivity index (χ2v) is 6.03. The van der Waals surface area contributed by atoms with Crippen molar-refractivity contribution in [1.82, 2.24) is 5.32 Å². The molecule has 0 unspecified atom stereocenters. The topological polar surface area (TPSA) is 35.8 Å². The number of rotatable bonds is 9. The molecule has 0 atom stereocenters. The Morgan fingerprint density at radius 1 is 1.15 bits per heavy atom. The molecule has 0 spiro atoms. The van der Waals surface area contributed by atoms with Gasteiger partial charge < -0.3 is 5.32 Å². The van der Waals surface area contributed by atoms with Gasteiger partial charge in [0.25, 0.3) is 0 Å². The summed E-state index contributed by atoms with van der Waals surface area (Å²) in [6, 6.07) is 8.10. The first-order valence-electron chi connectivity index (χ1n) is 7.84. The van der Waals surface area contributed by atoms with Gasteiger partial charge in [-0.3, -0.25) is 0 Å². The van der Waals surface area contributed by atoms with Gasteiger partial charge in [0.15, 0.2) is 0 Å². The third-order valence-corrected chi connectivity index (χ3v) is 3.67. The second-order valence-electron chi connectivity index (χ2n) is 6.03. The van der Waals surface area contributed by atoms with Crippen LogP contribution in [0.2, 0.25) is 0 Å². The molecule has 0 radical (unpaired) electrons. The number of nitrogens with zero attached hydrogens (tertiary/aromatic N) is 1. The lowest BCUT2D eigenvalue weighted by atomic mass is 10.0. The molecule has 0 heterocycles. The summed E-state index contributed by atoms with van der Waals surface area (Å²) in [4.78, 5) is 0. The monoisotopic (exact) mass is 272 g/mol. The van der Waals surface area contributed by atoms with Gasteiger partial charge in [-0.05, 0) is 49.1 Å². The minimum atomic E-state index is 0.747. The van der Waals surface area contributed by atoms with Crippen molar-refractivity contribution in [3.63, 3.8) is 0 Å². The Bertz CT molecular complexity index is 430. The van der Waals surface area contributed by atoms with Gasteiger partial charge in [0.1, 0.15) is 0 Å². The predicted octanol–water partition coefficient (Wildman–Crippen LogP) is 4.56. The summed E-state index contributed by atoms with van der Waals surface area (Å²) in [6.45, 7) is 8.65. The number of nitrogens with one attached hydrogen (secondary N) is 1. The van der Waals surface area contributed by atoms with Crippen LogP contribution in [-0.4, -0.2) is 6.54 Å². The van der Waals surface area contributed by atoms with Crippen LogP contribution in [0.25, 0.3) is 0 Å². The van der Waals surface area contributed by atoms with Gasteiger partial charge in [-0.15, -0.1) is 0 Å². The van der Waals surface area contributed by atoms with E-state index in [1.807, 2.05) is 12.1 Å². The molecule has 0 saturated carbocycles. The van der Waals surface area contributed by atoms with Gasteiger partial charge in [-0.2, -0.15) is 5.26 Å². The van der Waals surface area contributed by atoms with E-state index in [-0.39, 0.29) is 0 Å². The third kappa shape index (κ3) is 6.73. The Balaban J connectivity index is 2.11. The molecule has 2 heteroatoms. The van der Waals surface area contributed by atoms with Crippen LogP contribution in [0.5, 0.6) is 0 Å². The lowest BCUT2D eigenvalue weighted by Crippen LogP contribution is -2.15. The maximum atomic E-state index is 8.84. The molecule has 0 fully saturated rings. The number of benzene rings is 1. The highest BCUT2D eigenvalue weighted by atomic mass is 14.8. The molecule has 1 N–H and O–H groups in total. The normalized spacial score (nSPS) is 10.8. The molecule has 20 heavy (non-hydrogen) atoms. The molecule has 0 bridgehead atoms. The number of hydrogen-bond donors (Lipinski definition) is 1. The zero-order valence-corrected chi connectivity index (χ0v) is 13.2. The summed E-state index contributed by atoms with van der Waals surface area (Å²) >= 11 is 0. The number of aryl methyl sites for hydroxylation is 1. The first-order valence-corrected chi connectivity index (χ1v) is 7.84. The first-order chi connectivity index (χ1) is 9.63. The van der Waals surface area contributed by atoms with Crippen LogP contribution >= 0.6 is 0 Å². The van der Waals surface area contributed by atoms with Gasteiger partial charge in [-0.1, -0.05) is 45.6 Å². The molecule has 0 aliphatic rings. The highest BCUT2D eigenvalue weighted by Crippen LogP contribution is 2.11. The summed E-state index contributed by atoms with van der Waals surface area (Å²) in [7, 11) is 0. The fraction of sp³-hybridized carbons (Fsp3) is 0.611. The van der Waals surface area contributed by atoms with Gasteiger partial charge in [-0.25, -0.2) is 0 Å². The molecular weight excluding hydrogens is 244 g/mol. The molecule has 0 aliphatic heterocycles. The highest BCUT2D eigenvalue weighted by Gasteiger charge is 2.00. The minimum absolute atomic E-state index is 0.747. The quantitative estimate of drug-likeness (QED) is 0.669. The Morgan fingerprint density at radius 3 is 2.55 bits per heavy atom. The maximum Gasteiger partial charge on any atom is 0.0991 e. The Kier molecular flexibility index (Phi) is 7.99. The van der Waals surface area contributed by atoms with Crippen LogP contribution in [0.15, 0.2) is 18.2 Å². The van der Waals surface area contributed by atoms with Crippen molar-refractivity contribution >= 4 is 0 Å². The number of unbranched alkanes of at least 4 members (excludes halogenated alkanes) is 3. The van der Waals surface area contributed by atoms with Crippen LogP contribution in [0, 0.1) is 24.2 Å². The van der Waals surface area contributed by atoms with E-state index < -0.39 is 0 Å². The average molecular weight is 272 g/mol. The molecular formula is C18H28N2. The Labute approximate surface area is 124 Å². The van der Waals surface area contributed by atoms with Gasteiger partial charge in [0.2, 0.25) is 0 Å². The number of nitriles is 1. The van der Waals surface area contributed by atoms with Gasteiger partial charge >= 0.3 is 0 Å². The summed E-state index contributed by atoms with van der Waals surface area (Å²) in [5.41, 5.74) is 3.24. The van der Waals surface area contributed by atoms with E-state index in [9.17, 15) is 0 Å². The molecule has 0 aliphatic carbocycles. The van der Waals surface area contributed by atoms with Crippen molar-refractivity contribution in [3.8, 4) is 6.07 Å². The summed E-state index contributed by atoms with van der Waals surface area (Å²) in [5.74, 6) is 0.840. The molecule has 110 valence electrons. The lowest BCUT2D eigenvalue weighted by Gasteiger charge is -2.08. The molecule has 0 amide bonds. The smallest absolute Gasteiger partial charge is 0.0991 e. The van der Waals surface area contributed by atoms with Crippen molar-refractivity contribution in [2.75, 3.05) is 6.54 Å². The summed E-state index contributed by atoms with van der Waals surface area (Å²) in [5, 5.41) is 12.3. The minimum Gasteiger partial charge on any atom is -0.313 e. The highest BCUT2D eigenvalue weighted by molar-refractivity contribution is 5.37. The van der Waals surface area contributed by atoms with Crippen molar-refractivity contribution in [1.29, 1.82) is 5.26 Å². The zero-order valence-electron chi connectivity index (χ0n) is 13.2. The van der Waals surface area contributed by atoms with Crippen LogP contribution in [-0.2, 0) is 6.54 Å². The zero-order chi connectivity index (χ0) is 14.8. The Morgan fingerprint density at radius 2 is 1.90 bits per heavy atom. The summed E-state index contributed by atoms with van der Waals surface area (Å²) < 4.78 is 0. The van der Waals surface area contributed by atoms with Crippen LogP contribution < -0.4 is 5.32 Å². The molecule has 0 aromatic heterocycles. The molecule has 2 nitrogen and oxygen atoms in total. The van der Waals surface area contributed by atoms with E-state index in [1.165, 1.54) is 43.2 Å². The second kappa shape index (κ2) is 9.55. The van der Waals surface area contributed by atoms with Crippen LogP contribution in [0.4, 0.5) is 0 Å². The molecule has 1 rings (SSSR count). The fourth-order valence-electron chi connectivity index (χ4n) is 2.34. The van der Waals surface area contributed by atoms with E-state index in [0.29, 0.717) is 0 Å². The van der Waals surface area contributed by atoms with E-state index in [4.69, 9.17) is 5.26 Å². The largest absolute Gasteiger partial charge is 0.313 e. The average Bonchev–Trinajstić information content (AvgIpc) is 2.42. The first kappa shape index (κ1) is 16.7. The van der Waals surface area contributed by atoms with Crippen molar-refractivity contribution in [2.45, 2.75) is 59.4 Å². The van der Waals surface area contributed by atoms with E-state index in [0.717, 1.165) is 24.6 Å². The third-order valence-electron chi connectivity index (χ3n) is 3.67. The lowest BCUT2D eigenvalue weighted by molar-refractivity contribution is 0.512. The van der Waals surface area contributed by atoms with Crippen LogP contribution in [0.1, 0.15) is 62.6 Å². The Hall–Kier alpha value is -1.33.